The molecule has 136 valence electrons. The van der Waals surface area contributed by atoms with Crippen LogP contribution in [0, 0.1) is 5.82 Å². The number of aromatic nitrogens is 5. The highest BCUT2D eigenvalue weighted by Crippen LogP contribution is 2.34. The van der Waals surface area contributed by atoms with E-state index in [0.717, 1.165) is 10.9 Å². The maximum Gasteiger partial charge on any atom is 0.249 e. The fourth-order valence-electron chi connectivity index (χ4n) is 3.34. The van der Waals surface area contributed by atoms with Gasteiger partial charge in [0.25, 0.3) is 0 Å². The number of benzene rings is 1. The standard InChI is InChI=1S/C21H14FN5O/c1-27-8-6-17(26-27)20-15(10-13-4-5-18(28)24-21(13)25-20)14-9-12-3-2-7-23-19(12)16(22)11-14/h2-11H,1H3,(H,24,25,28). The van der Waals surface area contributed by atoms with Crippen molar-refractivity contribution in [3.05, 3.63) is 77.1 Å². The van der Waals surface area contributed by atoms with E-state index in [4.69, 9.17) is 0 Å². The number of halogens is 1. The molecular weight excluding hydrogens is 357 g/mol. The van der Waals surface area contributed by atoms with Gasteiger partial charge in [-0.3, -0.25) is 14.5 Å². The number of nitrogens with zero attached hydrogens (tertiary/aromatic N) is 4. The van der Waals surface area contributed by atoms with Crippen LogP contribution in [-0.2, 0) is 7.05 Å². The molecule has 0 saturated carbocycles. The van der Waals surface area contributed by atoms with Crippen LogP contribution in [0.15, 0.2) is 65.7 Å². The van der Waals surface area contributed by atoms with Crippen LogP contribution in [0.2, 0.25) is 0 Å². The Morgan fingerprint density at radius 3 is 2.79 bits per heavy atom. The van der Waals surface area contributed by atoms with Gasteiger partial charge < -0.3 is 4.98 Å². The molecule has 0 aliphatic heterocycles. The lowest BCUT2D eigenvalue weighted by Gasteiger charge is -2.11. The highest BCUT2D eigenvalue weighted by Gasteiger charge is 2.16. The van der Waals surface area contributed by atoms with E-state index in [0.29, 0.717) is 33.5 Å². The molecule has 4 heterocycles. The van der Waals surface area contributed by atoms with E-state index in [9.17, 15) is 9.18 Å². The summed E-state index contributed by atoms with van der Waals surface area (Å²) in [7, 11) is 1.81. The minimum absolute atomic E-state index is 0.234. The molecule has 0 bridgehead atoms. The summed E-state index contributed by atoms with van der Waals surface area (Å²) in [5.74, 6) is -0.401. The largest absolute Gasteiger partial charge is 0.307 e. The number of pyridine rings is 3. The summed E-state index contributed by atoms with van der Waals surface area (Å²) in [4.78, 5) is 23.2. The molecule has 5 rings (SSSR count). The van der Waals surface area contributed by atoms with Gasteiger partial charge in [-0.15, -0.1) is 0 Å². The second kappa shape index (κ2) is 6.09. The number of hydrogen-bond donors (Lipinski definition) is 1. The summed E-state index contributed by atoms with van der Waals surface area (Å²) in [6.45, 7) is 0. The van der Waals surface area contributed by atoms with Crippen LogP contribution in [0.3, 0.4) is 0 Å². The Balaban J connectivity index is 1.85. The Morgan fingerprint density at radius 1 is 1.07 bits per heavy atom. The summed E-state index contributed by atoms with van der Waals surface area (Å²) in [5.41, 5.74) is 3.14. The molecule has 0 spiro atoms. The van der Waals surface area contributed by atoms with Gasteiger partial charge in [-0.1, -0.05) is 6.07 Å². The molecule has 28 heavy (non-hydrogen) atoms. The summed E-state index contributed by atoms with van der Waals surface area (Å²) in [6, 6.07) is 13.8. The predicted molar refractivity (Wildman–Crippen MR) is 105 cm³/mol. The lowest BCUT2D eigenvalue weighted by atomic mass is 9.99. The van der Waals surface area contributed by atoms with E-state index in [2.05, 4.69) is 20.1 Å². The Hall–Kier alpha value is -3.87. The zero-order valence-electron chi connectivity index (χ0n) is 14.8. The monoisotopic (exact) mass is 371 g/mol. The molecule has 0 aliphatic rings. The lowest BCUT2D eigenvalue weighted by Crippen LogP contribution is -2.05. The molecule has 5 aromatic rings. The molecule has 7 heteroatoms. The highest BCUT2D eigenvalue weighted by atomic mass is 19.1. The van der Waals surface area contributed by atoms with Crippen molar-refractivity contribution < 1.29 is 4.39 Å². The van der Waals surface area contributed by atoms with Gasteiger partial charge in [0.15, 0.2) is 0 Å². The number of hydrogen-bond acceptors (Lipinski definition) is 4. The van der Waals surface area contributed by atoms with Crippen molar-refractivity contribution in [2.45, 2.75) is 0 Å². The highest BCUT2D eigenvalue weighted by molar-refractivity contribution is 5.92. The third kappa shape index (κ3) is 2.64. The first-order valence-corrected chi connectivity index (χ1v) is 8.67. The van der Waals surface area contributed by atoms with Crippen LogP contribution in [0.25, 0.3) is 44.5 Å². The van der Waals surface area contributed by atoms with Crippen LogP contribution in [0.4, 0.5) is 4.39 Å². The smallest absolute Gasteiger partial charge is 0.249 e. The summed E-state index contributed by atoms with van der Waals surface area (Å²) in [5, 5.41) is 5.89. The van der Waals surface area contributed by atoms with Crippen LogP contribution in [0.5, 0.6) is 0 Å². The molecule has 0 amide bonds. The van der Waals surface area contributed by atoms with Gasteiger partial charge in [0.1, 0.15) is 28.4 Å². The third-order valence-electron chi connectivity index (χ3n) is 4.63. The van der Waals surface area contributed by atoms with E-state index in [1.54, 1.807) is 23.0 Å². The quantitative estimate of drug-likeness (QED) is 0.514. The average Bonchev–Trinajstić information content (AvgIpc) is 3.13. The SMILES string of the molecule is Cn1ccc(-c2nc3[nH]c(=O)ccc3cc2-c2cc(F)c3ncccc3c2)n1. The van der Waals surface area contributed by atoms with Crippen molar-refractivity contribution in [1.29, 1.82) is 0 Å². The second-order valence-electron chi connectivity index (χ2n) is 6.55. The van der Waals surface area contributed by atoms with E-state index in [1.807, 2.05) is 37.5 Å². The van der Waals surface area contributed by atoms with Crippen molar-refractivity contribution in [1.82, 2.24) is 24.7 Å². The summed E-state index contributed by atoms with van der Waals surface area (Å²) in [6.07, 6.45) is 3.38. The topological polar surface area (TPSA) is 76.5 Å². The Morgan fingerprint density at radius 2 is 1.96 bits per heavy atom. The molecule has 1 aromatic carbocycles. The van der Waals surface area contributed by atoms with E-state index in [-0.39, 0.29) is 5.56 Å². The number of rotatable bonds is 2. The molecule has 0 atom stereocenters. The molecule has 0 aliphatic carbocycles. The van der Waals surface area contributed by atoms with E-state index >= 15 is 0 Å². The van der Waals surface area contributed by atoms with Crippen LogP contribution >= 0.6 is 0 Å². The minimum Gasteiger partial charge on any atom is -0.307 e. The molecular formula is C21H14FN5O. The Bertz CT molecular complexity index is 1420. The normalized spacial score (nSPS) is 11.4. The molecule has 0 radical (unpaired) electrons. The van der Waals surface area contributed by atoms with E-state index < -0.39 is 5.82 Å². The van der Waals surface area contributed by atoms with Crippen molar-refractivity contribution in [2.24, 2.45) is 7.05 Å². The van der Waals surface area contributed by atoms with Gasteiger partial charge in [0.2, 0.25) is 5.56 Å². The zero-order valence-corrected chi connectivity index (χ0v) is 14.8. The van der Waals surface area contributed by atoms with Crippen molar-refractivity contribution in [3.8, 4) is 22.5 Å². The number of nitrogens with one attached hydrogen (secondary N) is 1. The van der Waals surface area contributed by atoms with Crippen LogP contribution < -0.4 is 5.56 Å². The maximum absolute atomic E-state index is 14.7. The Kier molecular flexibility index (Phi) is 3.55. The number of aryl methyl sites for hydroxylation is 1. The lowest BCUT2D eigenvalue weighted by molar-refractivity contribution is 0.637. The molecule has 6 nitrogen and oxygen atoms in total. The fraction of sp³-hybridized carbons (Fsp3) is 0.0476. The van der Waals surface area contributed by atoms with Gasteiger partial charge >= 0.3 is 0 Å². The number of fused-ring (bicyclic) bond motifs is 2. The molecule has 0 saturated heterocycles. The first kappa shape index (κ1) is 16.3. The fourth-order valence-corrected chi connectivity index (χ4v) is 3.34. The van der Waals surface area contributed by atoms with Crippen molar-refractivity contribution >= 4 is 21.9 Å². The minimum atomic E-state index is -0.401. The summed E-state index contributed by atoms with van der Waals surface area (Å²) < 4.78 is 16.4. The average molecular weight is 371 g/mol. The molecule has 4 aromatic heterocycles. The van der Waals surface area contributed by atoms with Gasteiger partial charge in [-0.05, 0) is 42.0 Å². The predicted octanol–water partition coefficient (Wildman–Crippen LogP) is 3.68. The third-order valence-corrected chi connectivity index (χ3v) is 4.63. The van der Waals surface area contributed by atoms with Crippen molar-refractivity contribution in [3.63, 3.8) is 0 Å². The van der Waals surface area contributed by atoms with Crippen LogP contribution in [-0.4, -0.2) is 24.7 Å². The van der Waals surface area contributed by atoms with Gasteiger partial charge in [-0.25, -0.2) is 9.37 Å². The molecule has 0 fully saturated rings. The van der Waals surface area contributed by atoms with Crippen molar-refractivity contribution in [2.75, 3.05) is 0 Å². The van der Waals surface area contributed by atoms with Gasteiger partial charge in [-0.2, -0.15) is 5.10 Å². The Labute approximate surface area is 158 Å². The van der Waals surface area contributed by atoms with Gasteiger partial charge in [0.05, 0.1) is 0 Å². The first-order chi connectivity index (χ1) is 13.6. The summed E-state index contributed by atoms with van der Waals surface area (Å²) >= 11 is 0. The zero-order chi connectivity index (χ0) is 19.3. The first-order valence-electron chi connectivity index (χ1n) is 8.67. The van der Waals surface area contributed by atoms with E-state index in [1.165, 1.54) is 12.1 Å². The second-order valence-corrected chi connectivity index (χ2v) is 6.55. The molecule has 1 N–H and O–H groups in total. The number of H-pyrrole nitrogens is 1. The number of aromatic amines is 1. The van der Waals surface area contributed by atoms with Gasteiger partial charge in [0, 0.05) is 41.8 Å². The molecule has 0 unspecified atom stereocenters. The maximum atomic E-state index is 14.7. The van der Waals surface area contributed by atoms with Crippen LogP contribution in [0.1, 0.15) is 0 Å².